The molecule has 0 aromatic rings. The predicted molar refractivity (Wildman–Crippen MR) is 49.6 cm³/mol. The van der Waals surface area contributed by atoms with Crippen LogP contribution in [0.5, 0.6) is 0 Å². The molecule has 1 heteroatoms. The minimum atomic E-state index is 0.421. The van der Waals surface area contributed by atoms with Crippen LogP contribution in [-0.2, 0) is 0 Å². The number of rotatable bonds is 0. The van der Waals surface area contributed by atoms with Crippen molar-refractivity contribution in [1.82, 2.24) is 4.90 Å². The van der Waals surface area contributed by atoms with Gasteiger partial charge in [-0.1, -0.05) is 26.0 Å². The van der Waals surface area contributed by atoms with E-state index in [9.17, 15) is 0 Å². The molecule has 0 saturated carbocycles. The molecule has 2 bridgehead atoms. The summed E-state index contributed by atoms with van der Waals surface area (Å²) >= 11 is 0. The highest BCUT2D eigenvalue weighted by Gasteiger charge is 2.40. The number of nitrogens with zero attached hydrogens (tertiary/aromatic N) is 1. The average molecular weight is 153 g/mol. The van der Waals surface area contributed by atoms with Crippen LogP contribution in [0.2, 0.25) is 0 Å². The van der Waals surface area contributed by atoms with E-state index < -0.39 is 0 Å². The van der Waals surface area contributed by atoms with Gasteiger partial charge in [0.2, 0.25) is 0 Å². The van der Waals surface area contributed by atoms with Crippen LogP contribution in [0.3, 0.4) is 0 Å². The van der Waals surface area contributed by atoms with E-state index in [-0.39, 0.29) is 0 Å². The van der Waals surface area contributed by atoms with Crippen molar-refractivity contribution in [3.05, 3.63) is 12.2 Å². The SMILES string of the molecule is CC.CN1CC2C=CC1(C)C2. The van der Waals surface area contributed by atoms with Crippen LogP contribution in [0.4, 0.5) is 0 Å². The minimum absolute atomic E-state index is 0.421. The topological polar surface area (TPSA) is 3.24 Å². The Morgan fingerprint density at radius 3 is 2.27 bits per heavy atom. The van der Waals surface area contributed by atoms with E-state index >= 15 is 0 Å². The molecule has 2 aliphatic rings. The Morgan fingerprint density at radius 2 is 2.09 bits per heavy atom. The van der Waals surface area contributed by atoms with E-state index in [0.717, 1.165) is 5.92 Å². The van der Waals surface area contributed by atoms with Crippen molar-refractivity contribution in [2.75, 3.05) is 13.6 Å². The number of fused-ring (bicyclic) bond motifs is 2. The van der Waals surface area contributed by atoms with Crippen LogP contribution < -0.4 is 0 Å². The lowest BCUT2D eigenvalue weighted by Crippen LogP contribution is -2.36. The summed E-state index contributed by atoms with van der Waals surface area (Å²) in [4.78, 5) is 2.44. The van der Waals surface area contributed by atoms with Gasteiger partial charge in [-0.25, -0.2) is 0 Å². The molecule has 2 unspecified atom stereocenters. The van der Waals surface area contributed by atoms with Crippen LogP contribution in [0.25, 0.3) is 0 Å². The fourth-order valence-corrected chi connectivity index (χ4v) is 1.98. The molecule has 1 aliphatic heterocycles. The summed E-state index contributed by atoms with van der Waals surface area (Å²) in [5, 5.41) is 0. The summed E-state index contributed by atoms with van der Waals surface area (Å²) in [6.45, 7) is 7.59. The summed E-state index contributed by atoms with van der Waals surface area (Å²) in [6.07, 6.45) is 6.06. The third kappa shape index (κ3) is 1.34. The Morgan fingerprint density at radius 1 is 1.45 bits per heavy atom. The maximum Gasteiger partial charge on any atom is 0.0366 e. The smallest absolute Gasteiger partial charge is 0.0366 e. The van der Waals surface area contributed by atoms with Crippen molar-refractivity contribution in [1.29, 1.82) is 0 Å². The summed E-state index contributed by atoms with van der Waals surface area (Å²) < 4.78 is 0. The standard InChI is InChI=1S/C8H13N.C2H6/c1-8-4-3-7(5-8)6-9(8)2;1-2/h3-4,7H,5-6H2,1-2H3;1-2H3. The Kier molecular flexibility index (Phi) is 2.38. The zero-order valence-electron chi connectivity index (χ0n) is 8.09. The molecule has 0 aromatic heterocycles. The second-order valence-corrected chi connectivity index (χ2v) is 3.56. The average Bonchev–Trinajstić information content (AvgIpc) is 2.48. The maximum atomic E-state index is 2.44. The zero-order valence-corrected chi connectivity index (χ0v) is 8.09. The Labute approximate surface area is 70.1 Å². The fraction of sp³-hybridized carbons (Fsp3) is 0.800. The molecule has 64 valence electrons. The molecular weight excluding hydrogens is 134 g/mol. The highest BCUT2D eigenvalue weighted by molar-refractivity contribution is 5.20. The number of hydrogen-bond acceptors (Lipinski definition) is 1. The van der Waals surface area contributed by atoms with E-state index in [1.807, 2.05) is 13.8 Å². The van der Waals surface area contributed by atoms with Gasteiger partial charge in [-0.3, -0.25) is 4.90 Å². The van der Waals surface area contributed by atoms with Gasteiger partial charge in [-0.05, 0) is 26.3 Å². The molecule has 0 aromatic carbocycles. The molecule has 2 rings (SSSR count). The minimum Gasteiger partial charge on any atom is -0.297 e. The van der Waals surface area contributed by atoms with Crippen LogP contribution in [0.1, 0.15) is 27.2 Å². The lowest BCUT2D eigenvalue weighted by atomic mass is 10.0. The molecule has 2 atom stereocenters. The van der Waals surface area contributed by atoms with E-state index in [4.69, 9.17) is 0 Å². The first-order chi connectivity index (χ1) is 5.21. The molecule has 1 aliphatic carbocycles. The molecule has 0 amide bonds. The van der Waals surface area contributed by atoms with Crippen molar-refractivity contribution >= 4 is 0 Å². The molecule has 0 N–H and O–H groups in total. The first-order valence-corrected chi connectivity index (χ1v) is 4.61. The summed E-state index contributed by atoms with van der Waals surface area (Å²) in [5.41, 5.74) is 0.421. The van der Waals surface area contributed by atoms with Gasteiger partial charge in [-0.15, -0.1) is 0 Å². The monoisotopic (exact) mass is 153 g/mol. The quantitative estimate of drug-likeness (QED) is 0.483. The molecular formula is C10H19N. The van der Waals surface area contributed by atoms with Gasteiger partial charge >= 0.3 is 0 Å². The highest BCUT2D eigenvalue weighted by Crippen LogP contribution is 2.39. The van der Waals surface area contributed by atoms with Gasteiger partial charge in [0.05, 0.1) is 0 Å². The fourth-order valence-electron chi connectivity index (χ4n) is 1.98. The number of hydrogen-bond donors (Lipinski definition) is 0. The van der Waals surface area contributed by atoms with Crippen molar-refractivity contribution in [3.63, 3.8) is 0 Å². The van der Waals surface area contributed by atoms with Gasteiger partial charge in [0, 0.05) is 12.1 Å². The number of likely N-dealkylation sites (tertiary alicyclic amines) is 1. The zero-order chi connectivity index (χ0) is 8.48. The Balaban J connectivity index is 0.000000281. The first kappa shape index (κ1) is 8.79. The normalized spacial score (nSPS) is 40.5. The van der Waals surface area contributed by atoms with Crippen LogP contribution in [0, 0.1) is 5.92 Å². The summed E-state index contributed by atoms with van der Waals surface area (Å²) in [7, 11) is 2.21. The van der Waals surface area contributed by atoms with Gasteiger partial charge in [0.1, 0.15) is 0 Å². The van der Waals surface area contributed by atoms with Gasteiger partial charge in [-0.2, -0.15) is 0 Å². The molecule has 0 spiro atoms. The molecule has 1 heterocycles. The predicted octanol–water partition coefficient (Wildman–Crippen LogP) is 2.29. The van der Waals surface area contributed by atoms with Crippen molar-refractivity contribution in [2.24, 2.45) is 5.92 Å². The molecule has 1 saturated heterocycles. The molecule has 1 fully saturated rings. The maximum absolute atomic E-state index is 2.44. The second kappa shape index (κ2) is 2.98. The van der Waals surface area contributed by atoms with E-state index in [0.29, 0.717) is 5.54 Å². The highest BCUT2D eigenvalue weighted by atomic mass is 15.2. The van der Waals surface area contributed by atoms with Gasteiger partial charge < -0.3 is 0 Å². The van der Waals surface area contributed by atoms with Crippen LogP contribution >= 0.6 is 0 Å². The summed E-state index contributed by atoms with van der Waals surface area (Å²) in [5.74, 6) is 0.861. The van der Waals surface area contributed by atoms with Gasteiger partial charge in [0.15, 0.2) is 0 Å². The largest absolute Gasteiger partial charge is 0.297 e. The Bertz CT molecular complexity index is 162. The van der Waals surface area contributed by atoms with E-state index in [2.05, 4.69) is 31.0 Å². The lowest BCUT2D eigenvalue weighted by molar-refractivity contribution is 0.247. The van der Waals surface area contributed by atoms with Crippen molar-refractivity contribution in [3.8, 4) is 0 Å². The Hall–Kier alpha value is -0.300. The first-order valence-electron chi connectivity index (χ1n) is 4.61. The molecule has 1 nitrogen and oxygen atoms in total. The molecule has 11 heavy (non-hydrogen) atoms. The lowest BCUT2D eigenvalue weighted by Gasteiger charge is -2.28. The van der Waals surface area contributed by atoms with E-state index in [1.54, 1.807) is 0 Å². The van der Waals surface area contributed by atoms with Crippen LogP contribution in [0.15, 0.2) is 12.2 Å². The second-order valence-electron chi connectivity index (χ2n) is 3.56. The third-order valence-electron chi connectivity index (χ3n) is 2.78. The number of likely N-dealkylation sites (N-methyl/N-ethyl adjacent to an activating group) is 1. The van der Waals surface area contributed by atoms with E-state index in [1.165, 1.54) is 13.0 Å². The van der Waals surface area contributed by atoms with Crippen molar-refractivity contribution < 1.29 is 0 Å². The van der Waals surface area contributed by atoms with Gasteiger partial charge in [0.25, 0.3) is 0 Å². The van der Waals surface area contributed by atoms with Crippen molar-refractivity contribution in [2.45, 2.75) is 32.7 Å². The molecule has 0 radical (unpaired) electrons. The summed E-state index contributed by atoms with van der Waals surface area (Å²) in [6, 6.07) is 0. The van der Waals surface area contributed by atoms with Crippen LogP contribution in [-0.4, -0.2) is 24.0 Å². The third-order valence-corrected chi connectivity index (χ3v) is 2.78.